The molecular weight excluding hydrogens is 429 g/mol. The van der Waals surface area contributed by atoms with Crippen molar-refractivity contribution in [3.8, 4) is 0 Å². The number of nitrogens with zero attached hydrogens (tertiary/aromatic N) is 1. The quantitative estimate of drug-likeness (QED) is 0.600. The first-order chi connectivity index (χ1) is 15.8. The molecular formula is C26H23F3N2O2. The van der Waals surface area contributed by atoms with Crippen molar-refractivity contribution >= 4 is 11.8 Å². The lowest BCUT2D eigenvalue weighted by molar-refractivity contribution is -0.137. The first kappa shape index (κ1) is 22.6. The fourth-order valence-corrected chi connectivity index (χ4v) is 4.20. The Labute approximate surface area is 190 Å². The van der Waals surface area contributed by atoms with Crippen LogP contribution < -0.4 is 5.32 Å². The van der Waals surface area contributed by atoms with E-state index < -0.39 is 23.6 Å². The summed E-state index contributed by atoms with van der Waals surface area (Å²) in [6.45, 7) is 0.603. The molecule has 1 N–H and O–H groups in total. The number of amides is 2. The minimum absolute atomic E-state index is 0.134. The van der Waals surface area contributed by atoms with Crippen LogP contribution in [0.5, 0.6) is 0 Å². The molecule has 0 unspecified atom stereocenters. The van der Waals surface area contributed by atoms with Crippen LogP contribution >= 0.6 is 0 Å². The summed E-state index contributed by atoms with van der Waals surface area (Å²) >= 11 is 0. The van der Waals surface area contributed by atoms with E-state index >= 15 is 0 Å². The Balaban J connectivity index is 1.59. The molecule has 4 nitrogen and oxygen atoms in total. The van der Waals surface area contributed by atoms with E-state index in [1.165, 1.54) is 6.07 Å². The Morgan fingerprint density at radius 3 is 2.21 bits per heavy atom. The molecule has 170 valence electrons. The van der Waals surface area contributed by atoms with Gasteiger partial charge in [-0.3, -0.25) is 9.59 Å². The molecule has 1 aliphatic rings. The fraction of sp³-hybridized carbons (Fsp3) is 0.231. The van der Waals surface area contributed by atoms with Crippen molar-refractivity contribution < 1.29 is 22.8 Å². The number of carbonyl (C=O) groups excluding carboxylic acids is 2. The van der Waals surface area contributed by atoms with E-state index in [1.807, 2.05) is 30.3 Å². The van der Waals surface area contributed by atoms with E-state index in [1.54, 1.807) is 41.3 Å². The number of likely N-dealkylation sites (tertiary alicyclic amines) is 1. The average Bonchev–Trinajstić information content (AvgIpc) is 3.28. The second-order valence-electron chi connectivity index (χ2n) is 8.12. The molecule has 2 amide bonds. The molecule has 0 spiro atoms. The van der Waals surface area contributed by atoms with Crippen molar-refractivity contribution in [3.05, 3.63) is 107 Å². The highest BCUT2D eigenvalue weighted by Gasteiger charge is 2.41. The van der Waals surface area contributed by atoms with Gasteiger partial charge in [0.05, 0.1) is 11.5 Å². The average molecular weight is 452 g/mol. The molecule has 1 heterocycles. The normalized spacial score (nSPS) is 18.2. The molecule has 0 radical (unpaired) electrons. The van der Waals surface area contributed by atoms with Gasteiger partial charge in [-0.15, -0.1) is 0 Å². The van der Waals surface area contributed by atoms with E-state index in [-0.39, 0.29) is 24.9 Å². The second kappa shape index (κ2) is 9.48. The summed E-state index contributed by atoms with van der Waals surface area (Å²) in [5, 5.41) is 2.89. The van der Waals surface area contributed by atoms with Crippen LogP contribution in [0.3, 0.4) is 0 Å². The Kier molecular flexibility index (Phi) is 6.49. The van der Waals surface area contributed by atoms with Gasteiger partial charge in [0.1, 0.15) is 0 Å². The zero-order valence-corrected chi connectivity index (χ0v) is 17.8. The van der Waals surface area contributed by atoms with Crippen LogP contribution in [0.2, 0.25) is 0 Å². The lowest BCUT2D eigenvalue weighted by Gasteiger charge is -2.19. The molecule has 1 fully saturated rings. The molecule has 2 atom stereocenters. The first-order valence-electron chi connectivity index (χ1n) is 10.7. The highest BCUT2D eigenvalue weighted by atomic mass is 19.4. The first-order valence-corrected chi connectivity index (χ1v) is 10.7. The molecule has 0 aromatic heterocycles. The minimum atomic E-state index is -4.49. The van der Waals surface area contributed by atoms with Crippen molar-refractivity contribution in [1.82, 2.24) is 10.2 Å². The van der Waals surface area contributed by atoms with E-state index in [9.17, 15) is 22.8 Å². The maximum Gasteiger partial charge on any atom is 0.416 e. The topological polar surface area (TPSA) is 49.4 Å². The number of halogens is 3. The monoisotopic (exact) mass is 452 g/mol. The Hall–Kier alpha value is -3.61. The summed E-state index contributed by atoms with van der Waals surface area (Å²) in [4.78, 5) is 27.7. The summed E-state index contributed by atoms with van der Waals surface area (Å²) < 4.78 is 39.9. The zero-order valence-electron chi connectivity index (χ0n) is 17.8. The molecule has 4 rings (SSSR count). The standard InChI is InChI=1S/C26H23F3N2O2/c27-26(28,29)21-13-7-12-20(14-21)22-16-31(25(33)19-10-5-2-6-11-19)17-23(22)24(32)30-15-18-8-3-1-4-9-18/h1-14,22-23H,15-17H2,(H,30,32)/t22-,23-/m1/s1. The fourth-order valence-electron chi connectivity index (χ4n) is 4.20. The van der Waals surface area contributed by atoms with E-state index in [2.05, 4.69) is 5.32 Å². The maximum atomic E-state index is 13.3. The molecule has 1 aliphatic heterocycles. The van der Waals surface area contributed by atoms with Gasteiger partial charge in [-0.25, -0.2) is 0 Å². The van der Waals surface area contributed by atoms with Crippen LogP contribution in [0.4, 0.5) is 13.2 Å². The van der Waals surface area contributed by atoms with Gasteiger partial charge >= 0.3 is 6.18 Å². The number of benzene rings is 3. The number of nitrogens with one attached hydrogen (secondary N) is 1. The summed E-state index contributed by atoms with van der Waals surface area (Å²) in [6.07, 6.45) is -4.49. The number of carbonyl (C=O) groups is 2. The Bertz CT molecular complexity index is 1120. The molecule has 0 saturated carbocycles. The number of alkyl halides is 3. The van der Waals surface area contributed by atoms with E-state index in [4.69, 9.17) is 0 Å². The zero-order chi connectivity index (χ0) is 23.4. The van der Waals surface area contributed by atoms with Gasteiger partial charge in [-0.05, 0) is 29.3 Å². The van der Waals surface area contributed by atoms with Gasteiger partial charge in [-0.1, -0.05) is 66.7 Å². The van der Waals surface area contributed by atoms with Crippen molar-refractivity contribution in [2.24, 2.45) is 5.92 Å². The van der Waals surface area contributed by atoms with Crippen LogP contribution in [0.15, 0.2) is 84.9 Å². The van der Waals surface area contributed by atoms with Gasteiger partial charge in [-0.2, -0.15) is 13.2 Å². The third-order valence-corrected chi connectivity index (χ3v) is 5.92. The summed E-state index contributed by atoms with van der Waals surface area (Å²) in [7, 11) is 0. The molecule has 3 aromatic rings. The maximum absolute atomic E-state index is 13.3. The number of hydrogen-bond acceptors (Lipinski definition) is 2. The highest BCUT2D eigenvalue weighted by molar-refractivity contribution is 5.95. The van der Waals surface area contributed by atoms with Crippen molar-refractivity contribution in [2.75, 3.05) is 13.1 Å². The Morgan fingerprint density at radius 1 is 0.879 bits per heavy atom. The van der Waals surface area contributed by atoms with Crippen LogP contribution in [-0.4, -0.2) is 29.8 Å². The minimum Gasteiger partial charge on any atom is -0.352 e. The van der Waals surface area contributed by atoms with Crippen LogP contribution in [0.25, 0.3) is 0 Å². The molecule has 3 aromatic carbocycles. The van der Waals surface area contributed by atoms with Gasteiger partial charge in [0, 0.05) is 31.1 Å². The van der Waals surface area contributed by atoms with Crippen molar-refractivity contribution in [2.45, 2.75) is 18.6 Å². The smallest absolute Gasteiger partial charge is 0.352 e. The van der Waals surface area contributed by atoms with Gasteiger partial charge in [0.2, 0.25) is 5.91 Å². The lowest BCUT2D eigenvalue weighted by atomic mass is 9.87. The van der Waals surface area contributed by atoms with Gasteiger partial charge in [0.25, 0.3) is 5.91 Å². The van der Waals surface area contributed by atoms with E-state index in [0.717, 1.165) is 17.7 Å². The predicted molar refractivity (Wildman–Crippen MR) is 118 cm³/mol. The number of hydrogen-bond donors (Lipinski definition) is 1. The molecule has 7 heteroatoms. The van der Waals surface area contributed by atoms with Crippen LogP contribution in [0.1, 0.15) is 33.0 Å². The van der Waals surface area contributed by atoms with Gasteiger partial charge in [0.15, 0.2) is 0 Å². The summed E-state index contributed by atoms with van der Waals surface area (Å²) in [6, 6.07) is 23.1. The van der Waals surface area contributed by atoms with Crippen molar-refractivity contribution in [1.29, 1.82) is 0 Å². The highest BCUT2D eigenvalue weighted by Crippen LogP contribution is 2.37. The second-order valence-corrected chi connectivity index (χ2v) is 8.12. The summed E-state index contributed by atoms with van der Waals surface area (Å²) in [5.74, 6) is -1.74. The summed E-state index contributed by atoms with van der Waals surface area (Å²) in [5.41, 5.74) is 1.02. The third-order valence-electron chi connectivity index (χ3n) is 5.92. The van der Waals surface area contributed by atoms with Crippen molar-refractivity contribution in [3.63, 3.8) is 0 Å². The van der Waals surface area contributed by atoms with Gasteiger partial charge < -0.3 is 10.2 Å². The Morgan fingerprint density at radius 2 is 1.55 bits per heavy atom. The largest absolute Gasteiger partial charge is 0.416 e. The SMILES string of the molecule is O=C(NCc1ccccc1)[C@@H]1CN(C(=O)c2ccccc2)C[C@@H]1c1cccc(C(F)(F)F)c1. The van der Waals surface area contributed by atoms with Crippen LogP contribution in [0, 0.1) is 5.92 Å². The molecule has 33 heavy (non-hydrogen) atoms. The number of rotatable bonds is 5. The van der Waals surface area contributed by atoms with E-state index in [0.29, 0.717) is 17.7 Å². The lowest BCUT2D eigenvalue weighted by Crippen LogP contribution is -2.35. The third kappa shape index (κ3) is 5.25. The molecule has 0 aliphatic carbocycles. The van der Waals surface area contributed by atoms with Crippen LogP contribution in [-0.2, 0) is 17.5 Å². The predicted octanol–water partition coefficient (Wildman–Crippen LogP) is 4.88. The molecule has 1 saturated heterocycles. The molecule has 0 bridgehead atoms.